The van der Waals surface area contributed by atoms with Crippen molar-refractivity contribution in [3.05, 3.63) is 54.8 Å². The topological polar surface area (TPSA) is 38.8 Å². The van der Waals surface area contributed by atoms with E-state index in [-0.39, 0.29) is 5.91 Å². The van der Waals surface area contributed by atoms with Crippen LogP contribution in [0.1, 0.15) is 0 Å². The molecule has 0 aromatic heterocycles. The van der Waals surface area contributed by atoms with Gasteiger partial charge in [0.05, 0.1) is 19.5 Å². The van der Waals surface area contributed by atoms with E-state index in [2.05, 4.69) is 0 Å². The third-order valence-electron chi connectivity index (χ3n) is 2.70. The van der Waals surface area contributed by atoms with E-state index in [0.29, 0.717) is 26.3 Å². The van der Waals surface area contributed by atoms with Crippen molar-refractivity contribution >= 4 is 5.91 Å². The zero-order valence-electron chi connectivity index (χ0n) is 10.7. The molecule has 4 nitrogen and oxygen atoms in total. The molecule has 0 bridgehead atoms. The fourth-order valence-electron chi connectivity index (χ4n) is 1.69. The van der Waals surface area contributed by atoms with Crippen molar-refractivity contribution in [1.29, 1.82) is 0 Å². The first-order valence-electron chi connectivity index (χ1n) is 6.28. The molecule has 19 heavy (non-hydrogen) atoms. The molecule has 4 heteroatoms. The molecule has 1 heterocycles. The van der Waals surface area contributed by atoms with Gasteiger partial charge in [-0.1, -0.05) is 24.3 Å². The van der Waals surface area contributed by atoms with E-state index in [1.165, 1.54) is 6.08 Å². The van der Waals surface area contributed by atoms with Crippen LogP contribution < -0.4 is 4.74 Å². The molecule has 0 unspecified atom stereocenters. The summed E-state index contributed by atoms with van der Waals surface area (Å²) in [6.07, 6.45) is 6.47. The molecule has 0 spiro atoms. The molecule has 1 saturated heterocycles. The molecular weight excluding hydrogens is 242 g/mol. The van der Waals surface area contributed by atoms with Crippen molar-refractivity contribution in [3.8, 4) is 5.75 Å². The zero-order valence-corrected chi connectivity index (χ0v) is 10.7. The fraction of sp³-hybridized carbons (Fsp3) is 0.267. The van der Waals surface area contributed by atoms with Crippen molar-refractivity contribution in [3.63, 3.8) is 0 Å². The van der Waals surface area contributed by atoms with Crippen molar-refractivity contribution in [2.75, 3.05) is 26.3 Å². The monoisotopic (exact) mass is 259 g/mol. The minimum absolute atomic E-state index is 0.00709. The lowest BCUT2D eigenvalue weighted by Crippen LogP contribution is -2.39. The van der Waals surface area contributed by atoms with E-state index < -0.39 is 0 Å². The van der Waals surface area contributed by atoms with E-state index in [4.69, 9.17) is 9.47 Å². The Bertz CT molecular complexity index is 448. The molecule has 0 saturated carbocycles. The van der Waals surface area contributed by atoms with Gasteiger partial charge in [-0.3, -0.25) is 4.79 Å². The molecule has 2 rings (SSSR count). The normalized spacial score (nSPS) is 16.1. The Hall–Kier alpha value is -2.07. The van der Waals surface area contributed by atoms with E-state index in [9.17, 15) is 4.79 Å². The third-order valence-corrected chi connectivity index (χ3v) is 2.70. The fourth-order valence-corrected chi connectivity index (χ4v) is 1.69. The average Bonchev–Trinajstić information content (AvgIpc) is 2.49. The van der Waals surface area contributed by atoms with Gasteiger partial charge in [-0.2, -0.15) is 0 Å². The molecule has 0 N–H and O–H groups in total. The molecule has 1 aliphatic heterocycles. The summed E-state index contributed by atoms with van der Waals surface area (Å²) >= 11 is 0. The summed E-state index contributed by atoms with van der Waals surface area (Å²) in [6.45, 7) is 2.56. The smallest absolute Gasteiger partial charge is 0.246 e. The number of amides is 1. The number of hydrogen-bond donors (Lipinski definition) is 0. The molecule has 1 amide bonds. The van der Waals surface area contributed by atoms with Gasteiger partial charge in [0.2, 0.25) is 5.91 Å². The molecule has 1 aliphatic rings. The molecule has 0 radical (unpaired) electrons. The minimum Gasteiger partial charge on any atom is -0.465 e. The molecule has 0 atom stereocenters. The Balaban J connectivity index is 1.74. The number of ether oxygens (including phenoxy) is 2. The predicted octanol–water partition coefficient (Wildman–Crippen LogP) is 1.99. The highest BCUT2D eigenvalue weighted by Gasteiger charge is 2.13. The number of rotatable bonds is 4. The van der Waals surface area contributed by atoms with Crippen LogP contribution >= 0.6 is 0 Å². The Kier molecular flexibility index (Phi) is 5.19. The van der Waals surface area contributed by atoms with Gasteiger partial charge < -0.3 is 14.4 Å². The Morgan fingerprint density at radius 2 is 1.89 bits per heavy atom. The number of benzene rings is 1. The van der Waals surface area contributed by atoms with Crippen LogP contribution in [0.4, 0.5) is 0 Å². The zero-order chi connectivity index (χ0) is 13.3. The van der Waals surface area contributed by atoms with Crippen LogP contribution in [0.25, 0.3) is 0 Å². The number of morpholine rings is 1. The summed E-state index contributed by atoms with van der Waals surface area (Å²) in [4.78, 5) is 13.5. The summed E-state index contributed by atoms with van der Waals surface area (Å²) in [6, 6.07) is 9.47. The largest absolute Gasteiger partial charge is 0.465 e. The maximum atomic E-state index is 11.7. The maximum Gasteiger partial charge on any atom is 0.246 e. The molecule has 1 aromatic carbocycles. The number of hydrogen-bond acceptors (Lipinski definition) is 3. The van der Waals surface area contributed by atoms with Crippen molar-refractivity contribution in [1.82, 2.24) is 4.90 Å². The highest BCUT2D eigenvalue weighted by molar-refractivity contribution is 5.87. The molecule has 100 valence electrons. The van der Waals surface area contributed by atoms with Gasteiger partial charge in [0, 0.05) is 19.2 Å². The molecule has 1 aromatic rings. The van der Waals surface area contributed by atoms with Crippen molar-refractivity contribution in [2.45, 2.75) is 0 Å². The second-order valence-corrected chi connectivity index (χ2v) is 4.06. The van der Waals surface area contributed by atoms with Crippen LogP contribution in [-0.2, 0) is 9.53 Å². The highest BCUT2D eigenvalue weighted by atomic mass is 16.5. The first-order chi connectivity index (χ1) is 9.36. The van der Waals surface area contributed by atoms with Gasteiger partial charge >= 0.3 is 0 Å². The second-order valence-electron chi connectivity index (χ2n) is 4.06. The summed E-state index contributed by atoms with van der Waals surface area (Å²) in [5, 5.41) is 0. The average molecular weight is 259 g/mol. The van der Waals surface area contributed by atoms with Gasteiger partial charge in [-0.15, -0.1) is 0 Å². The summed E-state index contributed by atoms with van der Waals surface area (Å²) in [5.41, 5.74) is 0. The summed E-state index contributed by atoms with van der Waals surface area (Å²) in [7, 11) is 0. The van der Waals surface area contributed by atoms with Crippen LogP contribution in [0.3, 0.4) is 0 Å². The van der Waals surface area contributed by atoms with Crippen LogP contribution in [0.2, 0.25) is 0 Å². The van der Waals surface area contributed by atoms with Crippen molar-refractivity contribution in [2.24, 2.45) is 0 Å². The highest BCUT2D eigenvalue weighted by Crippen LogP contribution is 2.08. The summed E-state index contributed by atoms with van der Waals surface area (Å²) < 4.78 is 10.5. The van der Waals surface area contributed by atoms with Crippen LogP contribution in [0.15, 0.2) is 54.8 Å². The number of carbonyl (C=O) groups is 1. The Morgan fingerprint density at radius 1 is 1.16 bits per heavy atom. The van der Waals surface area contributed by atoms with E-state index in [1.54, 1.807) is 23.3 Å². The number of nitrogens with zero attached hydrogens (tertiary/aromatic N) is 1. The number of allylic oxidation sites excluding steroid dienone is 2. The SMILES string of the molecule is O=C(/C=C/C=C/Oc1ccccc1)N1CCOCC1. The number of para-hydroxylation sites is 1. The van der Waals surface area contributed by atoms with Crippen LogP contribution in [0, 0.1) is 0 Å². The first kappa shape index (κ1) is 13.4. The standard InChI is InChI=1S/C15H17NO3/c17-15(16-9-12-18-13-10-16)8-4-5-11-19-14-6-2-1-3-7-14/h1-8,11H,9-10,12-13H2/b8-4+,11-5+. The molecule has 1 fully saturated rings. The van der Waals surface area contributed by atoms with Crippen LogP contribution in [0.5, 0.6) is 5.75 Å². The molecule has 0 aliphatic carbocycles. The first-order valence-corrected chi connectivity index (χ1v) is 6.28. The van der Waals surface area contributed by atoms with E-state index in [1.807, 2.05) is 30.3 Å². The quantitative estimate of drug-likeness (QED) is 0.471. The van der Waals surface area contributed by atoms with Gasteiger partial charge in [0.25, 0.3) is 0 Å². The molecular formula is C15H17NO3. The lowest BCUT2D eigenvalue weighted by atomic mass is 10.3. The summed E-state index contributed by atoms with van der Waals surface area (Å²) in [5.74, 6) is 0.777. The third kappa shape index (κ3) is 4.60. The lowest BCUT2D eigenvalue weighted by Gasteiger charge is -2.25. The second kappa shape index (κ2) is 7.38. The minimum atomic E-state index is 0.00709. The Morgan fingerprint density at radius 3 is 2.63 bits per heavy atom. The maximum absolute atomic E-state index is 11.7. The Labute approximate surface area is 112 Å². The predicted molar refractivity (Wildman–Crippen MR) is 72.7 cm³/mol. The number of carbonyl (C=O) groups excluding carboxylic acids is 1. The van der Waals surface area contributed by atoms with Crippen LogP contribution in [-0.4, -0.2) is 37.1 Å². The van der Waals surface area contributed by atoms with Gasteiger partial charge in [0.15, 0.2) is 0 Å². The van der Waals surface area contributed by atoms with E-state index in [0.717, 1.165) is 5.75 Å². The van der Waals surface area contributed by atoms with Gasteiger partial charge in [0.1, 0.15) is 5.75 Å². The van der Waals surface area contributed by atoms with Gasteiger partial charge in [-0.25, -0.2) is 0 Å². The van der Waals surface area contributed by atoms with Gasteiger partial charge in [-0.05, 0) is 18.2 Å². The van der Waals surface area contributed by atoms with E-state index >= 15 is 0 Å². The lowest BCUT2D eigenvalue weighted by molar-refractivity contribution is -0.129. The van der Waals surface area contributed by atoms with Crippen molar-refractivity contribution < 1.29 is 14.3 Å².